The number of hydrogen-bond acceptors (Lipinski definition) is 3. The predicted molar refractivity (Wildman–Crippen MR) is 79.3 cm³/mol. The summed E-state index contributed by atoms with van der Waals surface area (Å²) >= 11 is 1.67. The van der Waals surface area contributed by atoms with Crippen molar-refractivity contribution in [1.82, 2.24) is 4.98 Å². The molecule has 102 valence electrons. The number of aryl methyl sites for hydroxylation is 1. The molecule has 0 amide bonds. The third-order valence-corrected chi connectivity index (χ3v) is 4.16. The molecule has 19 heavy (non-hydrogen) atoms. The average molecular weight is 278 g/mol. The molecule has 1 heterocycles. The van der Waals surface area contributed by atoms with Gasteiger partial charge in [-0.2, -0.15) is 0 Å². The summed E-state index contributed by atoms with van der Waals surface area (Å²) in [5.74, 6) is -0.182. The number of halogens is 1. The van der Waals surface area contributed by atoms with Gasteiger partial charge < -0.3 is 5.32 Å². The van der Waals surface area contributed by atoms with Gasteiger partial charge in [-0.15, -0.1) is 11.3 Å². The van der Waals surface area contributed by atoms with E-state index < -0.39 is 0 Å². The van der Waals surface area contributed by atoms with Crippen molar-refractivity contribution >= 4 is 17.0 Å². The molecule has 0 aliphatic heterocycles. The number of anilines is 1. The fraction of sp³-hybridized carbons (Fsp3) is 0.400. The van der Waals surface area contributed by atoms with Gasteiger partial charge in [0.2, 0.25) is 0 Å². The summed E-state index contributed by atoms with van der Waals surface area (Å²) < 4.78 is 13.4. The van der Waals surface area contributed by atoms with E-state index in [0.717, 1.165) is 16.4 Å². The number of hydrogen-bond donors (Lipinski definition) is 1. The lowest BCUT2D eigenvalue weighted by Crippen LogP contribution is -2.11. The molecule has 0 spiro atoms. The molecule has 0 bridgehead atoms. The van der Waals surface area contributed by atoms with Crippen LogP contribution < -0.4 is 5.32 Å². The molecule has 0 aliphatic carbocycles. The first-order valence-corrected chi connectivity index (χ1v) is 7.19. The maximum absolute atomic E-state index is 13.4. The van der Waals surface area contributed by atoms with Crippen LogP contribution in [0.25, 0.3) is 0 Å². The quantitative estimate of drug-likeness (QED) is 0.894. The average Bonchev–Trinajstić information content (AvgIpc) is 2.79. The highest BCUT2D eigenvalue weighted by Gasteiger charge is 2.17. The van der Waals surface area contributed by atoms with Gasteiger partial charge in [0, 0.05) is 16.5 Å². The van der Waals surface area contributed by atoms with Gasteiger partial charge in [0.05, 0.1) is 17.2 Å². The van der Waals surface area contributed by atoms with Crippen LogP contribution >= 0.6 is 11.3 Å². The van der Waals surface area contributed by atoms with Crippen LogP contribution in [0.4, 0.5) is 10.1 Å². The van der Waals surface area contributed by atoms with Crippen molar-refractivity contribution in [2.24, 2.45) is 0 Å². The number of rotatable bonds is 3. The van der Waals surface area contributed by atoms with Crippen LogP contribution in [0.2, 0.25) is 0 Å². The molecule has 4 heteroatoms. The zero-order chi connectivity index (χ0) is 14.0. The summed E-state index contributed by atoms with van der Waals surface area (Å²) in [6, 6.07) is 5.18. The second-order valence-corrected chi connectivity index (χ2v) is 6.57. The molecule has 0 aliphatic rings. The van der Waals surface area contributed by atoms with Crippen molar-refractivity contribution in [3.8, 4) is 0 Å². The fourth-order valence-electron chi connectivity index (χ4n) is 1.63. The van der Waals surface area contributed by atoms with Crippen molar-refractivity contribution in [1.29, 1.82) is 0 Å². The molecule has 0 fully saturated rings. The molecule has 2 aromatic rings. The van der Waals surface area contributed by atoms with Gasteiger partial charge >= 0.3 is 0 Å². The minimum absolute atomic E-state index is 0.0822. The van der Waals surface area contributed by atoms with Crippen molar-refractivity contribution < 1.29 is 4.39 Å². The third-order valence-electron chi connectivity index (χ3n) is 2.84. The van der Waals surface area contributed by atoms with Crippen LogP contribution in [0.15, 0.2) is 23.6 Å². The number of aromatic nitrogens is 1. The van der Waals surface area contributed by atoms with Gasteiger partial charge in [-0.25, -0.2) is 9.37 Å². The third kappa shape index (κ3) is 3.53. The zero-order valence-electron chi connectivity index (χ0n) is 11.7. The van der Waals surface area contributed by atoms with E-state index in [1.54, 1.807) is 24.3 Å². The minimum Gasteiger partial charge on any atom is -0.379 e. The Labute approximate surface area is 117 Å². The van der Waals surface area contributed by atoms with E-state index in [4.69, 9.17) is 0 Å². The van der Waals surface area contributed by atoms with Gasteiger partial charge in [-0.1, -0.05) is 26.8 Å². The topological polar surface area (TPSA) is 24.9 Å². The van der Waals surface area contributed by atoms with Gasteiger partial charge in [-0.05, 0) is 24.6 Å². The smallest absolute Gasteiger partial charge is 0.128 e. The lowest BCUT2D eigenvalue weighted by atomic mass is 9.98. The van der Waals surface area contributed by atoms with Crippen molar-refractivity contribution in [2.75, 3.05) is 5.32 Å². The fourth-order valence-corrected chi connectivity index (χ4v) is 2.54. The lowest BCUT2D eigenvalue weighted by Gasteiger charge is -2.13. The van der Waals surface area contributed by atoms with Crippen LogP contribution in [-0.4, -0.2) is 4.98 Å². The molecular weight excluding hydrogens is 259 g/mol. The normalized spacial score (nSPS) is 11.6. The second kappa shape index (κ2) is 5.29. The number of nitrogens with zero attached hydrogens (tertiary/aromatic N) is 1. The first-order valence-electron chi connectivity index (χ1n) is 6.31. The number of benzene rings is 1. The minimum atomic E-state index is -0.182. The van der Waals surface area contributed by atoms with Gasteiger partial charge in [-0.3, -0.25) is 0 Å². The van der Waals surface area contributed by atoms with Crippen LogP contribution in [0, 0.1) is 12.7 Å². The van der Waals surface area contributed by atoms with E-state index in [0.29, 0.717) is 12.1 Å². The molecule has 2 nitrogen and oxygen atoms in total. The molecular formula is C15H19FN2S. The van der Waals surface area contributed by atoms with Gasteiger partial charge in [0.15, 0.2) is 0 Å². The zero-order valence-corrected chi connectivity index (χ0v) is 12.6. The van der Waals surface area contributed by atoms with Crippen molar-refractivity contribution in [3.05, 3.63) is 45.7 Å². The van der Waals surface area contributed by atoms with Crippen LogP contribution in [0.5, 0.6) is 0 Å². The lowest BCUT2D eigenvalue weighted by molar-refractivity contribution is 0.583. The Kier molecular flexibility index (Phi) is 3.90. The number of thiazole rings is 1. The molecule has 0 radical (unpaired) electrons. The highest BCUT2D eigenvalue weighted by Crippen LogP contribution is 2.25. The van der Waals surface area contributed by atoms with Gasteiger partial charge in [0.25, 0.3) is 0 Å². The predicted octanol–water partition coefficient (Wildman–Crippen LogP) is 4.50. The molecule has 0 saturated heterocycles. The highest BCUT2D eigenvalue weighted by molar-refractivity contribution is 7.09. The largest absolute Gasteiger partial charge is 0.379 e. The van der Waals surface area contributed by atoms with E-state index in [9.17, 15) is 4.39 Å². The summed E-state index contributed by atoms with van der Waals surface area (Å²) in [7, 11) is 0. The van der Waals surface area contributed by atoms with Crippen molar-refractivity contribution in [2.45, 2.75) is 39.7 Å². The Morgan fingerprint density at radius 2 is 2.05 bits per heavy atom. The maximum Gasteiger partial charge on any atom is 0.128 e. The molecule has 1 aromatic carbocycles. The Morgan fingerprint density at radius 3 is 2.63 bits per heavy atom. The highest BCUT2D eigenvalue weighted by atomic mass is 32.1. The first kappa shape index (κ1) is 14.0. The monoisotopic (exact) mass is 278 g/mol. The van der Waals surface area contributed by atoms with Crippen LogP contribution in [0.1, 0.15) is 37.0 Å². The Balaban J connectivity index is 2.02. The summed E-state index contributed by atoms with van der Waals surface area (Å²) in [5, 5.41) is 6.38. The molecule has 1 N–H and O–H groups in total. The molecule has 2 rings (SSSR count). The first-order chi connectivity index (χ1) is 8.86. The summed E-state index contributed by atoms with van der Waals surface area (Å²) in [5.41, 5.74) is 2.53. The summed E-state index contributed by atoms with van der Waals surface area (Å²) in [6.45, 7) is 8.83. The Bertz CT molecular complexity index is 570. The SMILES string of the molecule is Cc1ccc(NCc2csc(C(C)(C)C)n2)cc1F. The summed E-state index contributed by atoms with van der Waals surface area (Å²) in [6.07, 6.45) is 0. The van der Waals surface area contributed by atoms with Gasteiger partial charge in [0.1, 0.15) is 5.82 Å². The molecule has 1 aromatic heterocycles. The molecule has 0 saturated carbocycles. The Morgan fingerprint density at radius 1 is 1.32 bits per heavy atom. The molecule has 0 unspecified atom stereocenters. The second-order valence-electron chi connectivity index (χ2n) is 5.71. The van der Waals surface area contributed by atoms with E-state index >= 15 is 0 Å². The Hall–Kier alpha value is -1.42. The maximum atomic E-state index is 13.4. The molecule has 0 atom stereocenters. The standard InChI is InChI=1S/C15H19FN2S/c1-10-5-6-11(7-13(10)16)17-8-12-9-19-14(18-12)15(2,3)4/h5-7,9,17H,8H2,1-4H3. The van der Waals surface area contributed by atoms with E-state index in [1.165, 1.54) is 6.07 Å². The van der Waals surface area contributed by atoms with Crippen molar-refractivity contribution in [3.63, 3.8) is 0 Å². The van der Waals surface area contributed by atoms with E-state index in [1.807, 2.05) is 6.07 Å². The van der Waals surface area contributed by atoms with E-state index in [2.05, 4.69) is 36.5 Å². The van der Waals surface area contributed by atoms with Crippen LogP contribution in [-0.2, 0) is 12.0 Å². The van der Waals surface area contributed by atoms with Crippen LogP contribution in [0.3, 0.4) is 0 Å². The van der Waals surface area contributed by atoms with E-state index in [-0.39, 0.29) is 11.2 Å². The summed E-state index contributed by atoms with van der Waals surface area (Å²) in [4.78, 5) is 4.60. The number of nitrogens with one attached hydrogen (secondary N) is 1.